The Morgan fingerprint density at radius 2 is 1.85 bits per heavy atom. The van der Waals surface area contributed by atoms with E-state index >= 15 is 0 Å². The highest BCUT2D eigenvalue weighted by Gasteiger charge is 2.23. The van der Waals surface area contributed by atoms with E-state index in [1.807, 2.05) is 25.1 Å². The summed E-state index contributed by atoms with van der Waals surface area (Å²) in [5, 5.41) is 5.50. The van der Waals surface area contributed by atoms with Gasteiger partial charge in [-0.15, -0.1) is 0 Å². The van der Waals surface area contributed by atoms with Gasteiger partial charge >= 0.3 is 0 Å². The molecule has 1 aliphatic rings. The highest BCUT2D eigenvalue weighted by molar-refractivity contribution is 6.01. The summed E-state index contributed by atoms with van der Waals surface area (Å²) in [6.07, 6.45) is 1.45. The van der Waals surface area contributed by atoms with Crippen LogP contribution in [0.25, 0.3) is 0 Å². The molecule has 0 unspecified atom stereocenters. The van der Waals surface area contributed by atoms with Crippen molar-refractivity contribution in [2.24, 2.45) is 0 Å². The molecule has 6 nitrogen and oxygen atoms in total. The van der Waals surface area contributed by atoms with Crippen LogP contribution < -0.4 is 15.5 Å². The quantitative estimate of drug-likeness (QED) is 0.855. The largest absolute Gasteiger partial charge is 0.341 e. The Kier molecular flexibility index (Phi) is 5.54. The minimum Gasteiger partial charge on any atom is -0.341 e. The Morgan fingerprint density at radius 3 is 2.48 bits per heavy atom. The zero-order chi connectivity index (χ0) is 19.4. The van der Waals surface area contributed by atoms with Crippen molar-refractivity contribution in [3.05, 3.63) is 59.7 Å². The van der Waals surface area contributed by atoms with Gasteiger partial charge in [-0.1, -0.05) is 18.2 Å². The van der Waals surface area contributed by atoms with Crippen molar-refractivity contribution < 1.29 is 14.4 Å². The second-order valence-corrected chi connectivity index (χ2v) is 6.70. The van der Waals surface area contributed by atoms with Gasteiger partial charge in [0.1, 0.15) is 6.04 Å². The third-order valence-corrected chi connectivity index (χ3v) is 4.61. The van der Waals surface area contributed by atoms with Gasteiger partial charge in [0, 0.05) is 29.9 Å². The standard InChI is InChI=1S/C21H23N3O3/c1-14-13-17(10-11-18(14)24-12-6-9-19(24)25)23-20(26)15(2)22-21(27)16-7-4-3-5-8-16/h3-5,7-8,10-11,13,15H,6,9,12H2,1-2H3,(H,22,27)(H,23,26)/t15-/m0/s1. The molecule has 1 aliphatic heterocycles. The van der Waals surface area contributed by atoms with E-state index in [2.05, 4.69) is 10.6 Å². The van der Waals surface area contributed by atoms with Gasteiger partial charge in [-0.25, -0.2) is 0 Å². The maximum Gasteiger partial charge on any atom is 0.251 e. The molecule has 1 saturated heterocycles. The SMILES string of the molecule is Cc1cc(NC(=O)[C@H](C)NC(=O)c2ccccc2)ccc1N1CCCC1=O. The van der Waals surface area contributed by atoms with Crippen LogP contribution in [0.5, 0.6) is 0 Å². The van der Waals surface area contributed by atoms with Crippen molar-refractivity contribution in [2.45, 2.75) is 32.7 Å². The number of aryl methyl sites for hydroxylation is 1. The van der Waals surface area contributed by atoms with Crippen LogP contribution in [0.1, 0.15) is 35.7 Å². The van der Waals surface area contributed by atoms with Crippen LogP contribution in [0.15, 0.2) is 48.5 Å². The maximum absolute atomic E-state index is 12.4. The Hall–Kier alpha value is -3.15. The summed E-state index contributed by atoms with van der Waals surface area (Å²) in [5.74, 6) is -0.465. The van der Waals surface area contributed by atoms with E-state index in [0.29, 0.717) is 17.7 Å². The van der Waals surface area contributed by atoms with E-state index in [1.165, 1.54) is 0 Å². The van der Waals surface area contributed by atoms with Gasteiger partial charge in [-0.3, -0.25) is 14.4 Å². The molecule has 27 heavy (non-hydrogen) atoms. The van der Waals surface area contributed by atoms with Gasteiger partial charge in [0.25, 0.3) is 5.91 Å². The molecule has 1 fully saturated rings. The Labute approximate surface area is 158 Å². The molecule has 0 bridgehead atoms. The lowest BCUT2D eigenvalue weighted by Crippen LogP contribution is -2.41. The molecule has 3 amide bonds. The smallest absolute Gasteiger partial charge is 0.251 e. The molecule has 0 spiro atoms. The molecule has 3 rings (SSSR count). The fraction of sp³-hybridized carbons (Fsp3) is 0.286. The summed E-state index contributed by atoms with van der Waals surface area (Å²) in [7, 11) is 0. The molecule has 0 aliphatic carbocycles. The first-order valence-corrected chi connectivity index (χ1v) is 9.03. The lowest BCUT2D eigenvalue weighted by atomic mass is 10.1. The van der Waals surface area contributed by atoms with E-state index < -0.39 is 6.04 Å². The highest BCUT2D eigenvalue weighted by Crippen LogP contribution is 2.27. The van der Waals surface area contributed by atoms with Gasteiger partial charge in [-0.05, 0) is 56.2 Å². The minimum atomic E-state index is -0.683. The normalized spacial score (nSPS) is 14.7. The van der Waals surface area contributed by atoms with Crippen LogP contribution in [0.4, 0.5) is 11.4 Å². The number of anilines is 2. The molecule has 2 N–H and O–H groups in total. The predicted molar refractivity (Wildman–Crippen MR) is 105 cm³/mol. The molecule has 0 saturated carbocycles. The molecule has 2 aromatic rings. The number of rotatable bonds is 5. The summed E-state index contributed by atoms with van der Waals surface area (Å²) in [6.45, 7) is 4.28. The average molecular weight is 365 g/mol. The first-order chi connectivity index (χ1) is 13.0. The van der Waals surface area contributed by atoms with Crippen LogP contribution in [0, 0.1) is 6.92 Å². The van der Waals surface area contributed by atoms with Crippen LogP contribution in [-0.2, 0) is 9.59 Å². The third-order valence-electron chi connectivity index (χ3n) is 4.61. The van der Waals surface area contributed by atoms with Crippen molar-refractivity contribution in [3.63, 3.8) is 0 Å². The number of nitrogens with zero attached hydrogens (tertiary/aromatic N) is 1. The number of hydrogen-bond donors (Lipinski definition) is 2. The monoisotopic (exact) mass is 365 g/mol. The maximum atomic E-state index is 12.4. The molecule has 2 aromatic carbocycles. The summed E-state index contributed by atoms with van der Waals surface area (Å²) in [5.41, 5.74) is 2.94. The van der Waals surface area contributed by atoms with E-state index in [0.717, 1.165) is 24.2 Å². The van der Waals surface area contributed by atoms with E-state index in [9.17, 15) is 14.4 Å². The summed E-state index contributed by atoms with van der Waals surface area (Å²) in [4.78, 5) is 38.2. The molecule has 1 heterocycles. The molecule has 140 valence electrons. The number of carbonyl (C=O) groups excluding carboxylic acids is 3. The van der Waals surface area contributed by atoms with Gasteiger partial charge < -0.3 is 15.5 Å². The lowest BCUT2D eigenvalue weighted by Gasteiger charge is -2.20. The first-order valence-electron chi connectivity index (χ1n) is 9.03. The van der Waals surface area contributed by atoms with Crippen molar-refractivity contribution >= 4 is 29.1 Å². The third kappa shape index (κ3) is 4.34. The topological polar surface area (TPSA) is 78.5 Å². The molecule has 0 aromatic heterocycles. The van der Waals surface area contributed by atoms with E-state index in [4.69, 9.17) is 0 Å². The molecule has 6 heteroatoms. The number of amides is 3. The van der Waals surface area contributed by atoms with Gasteiger partial charge in [0.2, 0.25) is 11.8 Å². The van der Waals surface area contributed by atoms with Crippen molar-refractivity contribution in [1.82, 2.24) is 5.32 Å². The fourth-order valence-corrected chi connectivity index (χ4v) is 3.12. The minimum absolute atomic E-state index is 0.132. The molecular weight excluding hydrogens is 342 g/mol. The van der Waals surface area contributed by atoms with Crippen LogP contribution in [-0.4, -0.2) is 30.3 Å². The zero-order valence-electron chi connectivity index (χ0n) is 15.5. The number of benzene rings is 2. The summed E-state index contributed by atoms with van der Waals surface area (Å²) < 4.78 is 0. The molecular formula is C21H23N3O3. The van der Waals surface area contributed by atoms with Crippen molar-refractivity contribution in [3.8, 4) is 0 Å². The Bertz CT molecular complexity index is 864. The molecule has 0 radical (unpaired) electrons. The number of carbonyl (C=O) groups is 3. The first kappa shape index (κ1) is 18.6. The zero-order valence-corrected chi connectivity index (χ0v) is 15.5. The number of nitrogens with one attached hydrogen (secondary N) is 2. The Balaban J connectivity index is 1.62. The summed E-state index contributed by atoms with van der Waals surface area (Å²) >= 11 is 0. The van der Waals surface area contributed by atoms with Crippen molar-refractivity contribution in [1.29, 1.82) is 0 Å². The van der Waals surface area contributed by atoms with Gasteiger partial charge in [-0.2, -0.15) is 0 Å². The van der Waals surface area contributed by atoms with Crippen LogP contribution in [0.2, 0.25) is 0 Å². The van der Waals surface area contributed by atoms with Crippen LogP contribution >= 0.6 is 0 Å². The van der Waals surface area contributed by atoms with Crippen molar-refractivity contribution in [2.75, 3.05) is 16.8 Å². The second kappa shape index (κ2) is 8.03. The molecule has 1 atom stereocenters. The van der Waals surface area contributed by atoms with Gasteiger partial charge in [0.05, 0.1) is 0 Å². The fourth-order valence-electron chi connectivity index (χ4n) is 3.12. The lowest BCUT2D eigenvalue weighted by molar-refractivity contribution is -0.118. The second-order valence-electron chi connectivity index (χ2n) is 6.70. The van der Waals surface area contributed by atoms with Crippen LogP contribution in [0.3, 0.4) is 0 Å². The Morgan fingerprint density at radius 1 is 1.11 bits per heavy atom. The number of hydrogen-bond acceptors (Lipinski definition) is 3. The predicted octanol–water partition coefficient (Wildman–Crippen LogP) is 2.88. The average Bonchev–Trinajstić information content (AvgIpc) is 3.08. The van der Waals surface area contributed by atoms with Gasteiger partial charge in [0.15, 0.2) is 0 Å². The highest BCUT2D eigenvalue weighted by atomic mass is 16.2. The van der Waals surface area contributed by atoms with E-state index in [-0.39, 0.29) is 17.7 Å². The van der Waals surface area contributed by atoms with E-state index in [1.54, 1.807) is 42.2 Å². The summed E-state index contributed by atoms with van der Waals surface area (Å²) in [6, 6.07) is 13.5.